The van der Waals surface area contributed by atoms with Crippen LogP contribution >= 0.6 is 23.7 Å². The van der Waals surface area contributed by atoms with E-state index in [0.29, 0.717) is 24.3 Å². The van der Waals surface area contributed by atoms with Gasteiger partial charge in [-0.15, -0.1) is 23.7 Å². The van der Waals surface area contributed by atoms with E-state index in [2.05, 4.69) is 0 Å². The average Bonchev–Trinajstić information content (AvgIpc) is 2.87. The highest BCUT2D eigenvalue weighted by Gasteiger charge is 2.30. The Balaban J connectivity index is 0.00000243. The molecule has 2 heterocycles. The molecule has 1 amide bonds. The molecule has 0 unspecified atom stereocenters. The van der Waals surface area contributed by atoms with Crippen molar-refractivity contribution in [3.05, 3.63) is 46.8 Å². The number of rotatable bonds is 3. The molecule has 26 heavy (non-hydrogen) atoms. The minimum absolute atomic E-state index is 0. The highest BCUT2D eigenvalue weighted by Crippen LogP contribution is 2.33. The molecule has 1 aromatic carbocycles. The Labute approximate surface area is 163 Å². The smallest absolute Gasteiger partial charge is 0.308 e. The van der Waals surface area contributed by atoms with Crippen LogP contribution in [0.2, 0.25) is 0 Å². The monoisotopic (exact) mass is 394 g/mol. The number of carbonyl (C=O) groups excluding carboxylic acids is 1. The summed E-state index contributed by atoms with van der Waals surface area (Å²) in [5.74, 6) is -1.54. The molecular weight excluding hydrogens is 372 g/mol. The zero-order valence-electron chi connectivity index (χ0n) is 14.6. The van der Waals surface area contributed by atoms with Gasteiger partial charge < -0.3 is 15.7 Å². The van der Waals surface area contributed by atoms with Gasteiger partial charge in [0.25, 0.3) is 5.91 Å². The van der Waals surface area contributed by atoms with E-state index in [-0.39, 0.29) is 30.9 Å². The molecule has 1 aromatic heterocycles. The lowest BCUT2D eigenvalue weighted by Gasteiger charge is -2.23. The van der Waals surface area contributed by atoms with Crippen molar-refractivity contribution in [2.24, 2.45) is 11.7 Å². The van der Waals surface area contributed by atoms with E-state index in [1.165, 1.54) is 11.3 Å². The topological polar surface area (TPSA) is 83.6 Å². The molecule has 140 valence electrons. The predicted molar refractivity (Wildman–Crippen MR) is 106 cm³/mol. The van der Waals surface area contributed by atoms with Gasteiger partial charge in [0.05, 0.1) is 10.8 Å². The lowest BCUT2D eigenvalue weighted by atomic mass is 10.0. The van der Waals surface area contributed by atoms with Gasteiger partial charge in [-0.2, -0.15) is 0 Å². The number of carbonyl (C=O) groups is 2. The number of aliphatic carboxylic acids is 1. The van der Waals surface area contributed by atoms with Crippen LogP contribution in [0.5, 0.6) is 0 Å². The molecule has 1 aliphatic rings. The third-order valence-corrected chi connectivity index (χ3v) is 5.86. The third kappa shape index (κ3) is 4.44. The standard InChI is InChI=1S/C19H22N2O3S.ClH/c1-12-9-16(25-17(12)13-5-3-2-4-6-13)18(22)21-10-14(19(23)24)7-8-15(20)11-21;/h2-6,9,14-15H,7-8,10-11,20H2,1H3,(H,23,24);1H/t14-,15+;/m0./s1. The number of aryl methyl sites for hydroxylation is 1. The van der Waals surface area contributed by atoms with E-state index in [4.69, 9.17) is 5.73 Å². The highest BCUT2D eigenvalue weighted by atomic mass is 35.5. The molecular formula is C19H23ClN2O3S. The SMILES string of the molecule is Cc1cc(C(=O)N2C[C@H](N)CC[C@H](C(=O)O)C2)sc1-c1ccccc1.Cl. The summed E-state index contributed by atoms with van der Waals surface area (Å²) in [6.07, 6.45) is 1.14. The number of amides is 1. The van der Waals surface area contributed by atoms with E-state index in [0.717, 1.165) is 16.0 Å². The van der Waals surface area contributed by atoms with Crippen LogP contribution in [0.3, 0.4) is 0 Å². The van der Waals surface area contributed by atoms with Crippen molar-refractivity contribution in [3.8, 4) is 10.4 Å². The largest absolute Gasteiger partial charge is 0.481 e. The van der Waals surface area contributed by atoms with E-state index in [9.17, 15) is 14.7 Å². The first kappa shape index (κ1) is 20.4. The van der Waals surface area contributed by atoms with E-state index >= 15 is 0 Å². The first-order chi connectivity index (χ1) is 12.0. The van der Waals surface area contributed by atoms with Crippen LogP contribution < -0.4 is 5.73 Å². The van der Waals surface area contributed by atoms with Gasteiger partial charge in [0.15, 0.2) is 0 Å². The van der Waals surface area contributed by atoms with Crippen LogP contribution in [-0.2, 0) is 4.79 Å². The van der Waals surface area contributed by atoms with E-state index < -0.39 is 11.9 Å². The van der Waals surface area contributed by atoms with Crippen molar-refractivity contribution in [1.29, 1.82) is 0 Å². The lowest BCUT2D eigenvalue weighted by molar-refractivity contribution is -0.142. The quantitative estimate of drug-likeness (QED) is 0.835. The van der Waals surface area contributed by atoms with Crippen molar-refractivity contribution in [2.45, 2.75) is 25.8 Å². The molecule has 0 radical (unpaired) electrons. The number of thiophene rings is 1. The minimum Gasteiger partial charge on any atom is -0.481 e. The Morgan fingerprint density at radius 3 is 2.54 bits per heavy atom. The lowest BCUT2D eigenvalue weighted by Crippen LogP contribution is -2.41. The zero-order valence-corrected chi connectivity index (χ0v) is 16.2. The Morgan fingerprint density at radius 2 is 1.88 bits per heavy atom. The number of benzene rings is 1. The Morgan fingerprint density at radius 1 is 1.19 bits per heavy atom. The van der Waals surface area contributed by atoms with Crippen molar-refractivity contribution < 1.29 is 14.7 Å². The summed E-state index contributed by atoms with van der Waals surface area (Å²) >= 11 is 1.45. The van der Waals surface area contributed by atoms with E-state index in [1.54, 1.807) is 4.90 Å². The maximum atomic E-state index is 13.0. The van der Waals surface area contributed by atoms with Crippen LogP contribution in [0, 0.1) is 12.8 Å². The molecule has 3 N–H and O–H groups in total. The maximum Gasteiger partial charge on any atom is 0.308 e. The number of nitrogens with zero attached hydrogens (tertiary/aromatic N) is 1. The molecule has 0 spiro atoms. The first-order valence-electron chi connectivity index (χ1n) is 8.39. The molecule has 0 bridgehead atoms. The molecule has 7 heteroatoms. The molecule has 3 rings (SSSR count). The number of carboxylic acid groups (broad SMARTS) is 1. The molecule has 1 aliphatic heterocycles. The average molecular weight is 395 g/mol. The van der Waals surface area contributed by atoms with Crippen LogP contribution in [0.25, 0.3) is 10.4 Å². The van der Waals surface area contributed by atoms with Gasteiger partial charge in [0.2, 0.25) is 0 Å². The summed E-state index contributed by atoms with van der Waals surface area (Å²) in [7, 11) is 0. The van der Waals surface area contributed by atoms with Gasteiger partial charge in [0.1, 0.15) is 0 Å². The van der Waals surface area contributed by atoms with E-state index in [1.807, 2.05) is 43.3 Å². The normalized spacial score (nSPS) is 20.2. The second-order valence-electron chi connectivity index (χ2n) is 6.57. The Bertz CT molecular complexity index is 778. The number of nitrogens with two attached hydrogens (primary N) is 1. The van der Waals surface area contributed by atoms with Crippen molar-refractivity contribution in [3.63, 3.8) is 0 Å². The summed E-state index contributed by atoms with van der Waals surface area (Å²) in [5.41, 5.74) is 8.18. The fourth-order valence-corrected chi connectivity index (χ4v) is 4.35. The third-order valence-electron chi connectivity index (χ3n) is 4.58. The first-order valence-corrected chi connectivity index (χ1v) is 9.21. The molecule has 2 aromatic rings. The van der Waals surface area contributed by atoms with Crippen molar-refractivity contribution in [1.82, 2.24) is 4.90 Å². The number of halogens is 1. The highest BCUT2D eigenvalue weighted by molar-refractivity contribution is 7.17. The summed E-state index contributed by atoms with van der Waals surface area (Å²) in [6, 6.07) is 11.7. The van der Waals surface area contributed by atoms with Gasteiger partial charge in [-0.1, -0.05) is 30.3 Å². The van der Waals surface area contributed by atoms with Crippen LogP contribution in [0.1, 0.15) is 28.1 Å². The predicted octanol–water partition coefficient (Wildman–Crippen LogP) is 3.41. The van der Waals surface area contributed by atoms with Crippen molar-refractivity contribution in [2.75, 3.05) is 13.1 Å². The summed E-state index contributed by atoms with van der Waals surface area (Å²) in [6.45, 7) is 2.61. The summed E-state index contributed by atoms with van der Waals surface area (Å²) < 4.78 is 0. The number of carboxylic acids is 1. The second-order valence-corrected chi connectivity index (χ2v) is 7.62. The van der Waals surface area contributed by atoms with Gasteiger partial charge in [-0.05, 0) is 37.0 Å². The summed E-state index contributed by atoms with van der Waals surface area (Å²) in [4.78, 5) is 27.6. The van der Waals surface area contributed by atoms with Gasteiger partial charge in [-0.25, -0.2) is 0 Å². The minimum atomic E-state index is -0.862. The zero-order chi connectivity index (χ0) is 18.0. The summed E-state index contributed by atoms with van der Waals surface area (Å²) in [5, 5.41) is 9.34. The Kier molecular flexibility index (Phi) is 6.81. The molecule has 0 saturated carbocycles. The molecule has 1 saturated heterocycles. The molecule has 1 fully saturated rings. The van der Waals surface area contributed by atoms with Gasteiger partial charge in [-0.3, -0.25) is 9.59 Å². The maximum absolute atomic E-state index is 13.0. The number of hydrogen-bond donors (Lipinski definition) is 2. The number of likely N-dealkylation sites (tertiary alicyclic amines) is 1. The number of hydrogen-bond acceptors (Lipinski definition) is 4. The fourth-order valence-electron chi connectivity index (χ4n) is 3.21. The second kappa shape index (κ2) is 8.66. The van der Waals surface area contributed by atoms with Gasteiger partial charge in [0, 0.05) is 24.0 Å². The Hall–Kier alpha value is -1.89. The van der Waals surface area contributed by atoms with Crippen LogP contribution in [0.15, 0.2) is 36.4 Å². The van der Waals surface area contributed by atoms with Crippen LogP contribution in [0.4, 0.5) is 0 Å². The fraction of sp³-hybridized carbons (Fsp3) is 0.368. The van der Waals surface area contributed by atoms with Gasteiger partial charge >= 0.3 is 5.97 Å². The molecule has 0 aliphatic carbocycles. The molecule has 5 nitrogen and oxygen atoms in total. The molecule has 2 atom stereocenters. The van der Waals surface area contributed by atoms with Crippen LogP contribution in [-0.4, -0.2) is 41.0 Å². The van der Waals surface area contributed by atoms with Crippen molar-refractivity contribution >= 4 is 35.6 Å².